The number of carboxylic acid groups (broad SMARTS) is 2. The van der Waals surface area contributed by atoms with Crippen LogP contribution in [0.2, 0.25) is 0 Å². The summed E-state index contributed by atoms with van der Waals surface area (Å²) in [5.74, 6) is -3.01. The maximum Gasteiger partial charge on any atom is 0.336 e. The van der Waals surface area contributed by atoms with Crippen molar-refractivity contribution in [2.75, 3.05) is 24.7 Å². The number of rotatable bonds is 11. The van der Waals surface area contributed by atoms with Crippen molar-refractivity contribution in [1.82, 2.24) is 54.1 Å². The minimum Gasteiger partial charge on any atom is -0.479 e. The van der Waals surface area contributed by atoms with E-state index in [1.807, 2.05) is 18.2 Å². The Hall–Kier alpha value is -8.93. The molecule has 0 saturated heterocycles. The monoisotopic (exact) mass is 795 g/mol. The fourth-order valence-electron chi connectivity index (χ4n) is 5.89. The maximum absolute atomic E-state index is 11.8. The average molecular weight is 796 g/mol. The highest BCUT2D eigenvalue weighted by atomic mass is 16.4. The SMILES string of the molecule is [C-]#[N+]c1cnn(-c2ccc(C(=O)O)c(C(=O)O)c2)c1/N=N/c1c(C)nn(-c2nc(O)nc(-n3nc(C)c(/N=N/c4c(C#N)cnn4C4=CCCC=C4)c3N(C)C)n2)c1N. The van der Waals surface area contributed by atoms with Crippen molar-refractivity contribution in [2.45, 2.75) is 26.7 Å². The van der Waals surface area contributed by atoms with E-state index in [4.69, 9.17) is 12.3 Å². The van der Waals surface area contributed by atoms with Gasteiger partial charge in [-0.25, -0.2) is 23.8 Å². The van der Waals surface area contributed by atoms with Crippen LogP contribution in [-0.4, -0.2) is 95.4 Å². The Kier molecular flexibility index (Phi) is 9.95. The number of aryl methyl sites for hydroxylation is 2. The van der Waals surface area contributed by atoms with Crippen LogP contribution in [0.25, 0.3) is 28.1 Å². The van der Waals surface area contributed by atoms with Gasteiger partial charge in [-0.3, -0.25) is 0 Å². The van der Waals surface area contributed by atoms with Crippen LogP contribution in [0.1, 0.15) is 50.5 Å². The quantitative estimate of drug-likeness (QED) is 0.0937. The zero-order valence-corrected chi connectivity index (χ0v) is 31.3. The zero-order chi connectivity index (χ0) is 42.1. The number of nitriles is 1. The number of allylic oxidation sites excluding steroid dienone is 4. The van der Waals surface area contributed by atoms with Crippen LogP contribution in [0.5, 0.6) is 6.01 Å². The predicted octanol–water partition coefficient (Wildman–Crippen LogP) is 5.44. The van der Waals surface area contributed by atoms with Gasteiger partial charge in [0.05, 0.1) is 52.9 Å². The molecule has 0 fully saturated rings. The van der Waals surface area contributed by atoms with E-state index in [-0.39, 0.29) is 57.7 Å². The standard InChI is InChI=1S/C35H29N19O5/c1-17-25(44-47-29-24(38-3)16-40-52(29)21-11-12-22(31(55)56)23(13-21)32(57)58)27(37)53(48-17)33-41-34(43-35(59)42-33)54-30(50(4)5)26(18(2)49-54)45-46-28-19(14-36)15-39-51(28)20-9-7-6-8-10-20/h7,9-13,15-16H,6,8,37H2,1-2,4-5H3,(H,55,56)(H,57,58)(H,41,42,43,59)/b46-45+,47-44+. The van der Waals surface area contributed by atoms with Gasteiger partial charge in [-0.2, -0.15) is 50.0 Å². The lowest BCUT2D eigenvalue weighted by Crippen LogP contribution is -2.17. The molecule has 1 aliphatic carbocycles. The molecule has 59 heavy (non-hydrogen) atoms. The molecule has 0 radical (unpaired) electrons. The van der Waals surface area contributed by atoms with Crippen LogP contribution < -0.4 is 10.6 Å². The molecule has 7 rings (SSSR count). The van der Waals surface area contributed by atoms with E-state index in [0.29, 0.717) is 17.2 Å². The summed E-state index contributed by atoms with van der Waals surface area (Å²) in [7, 11) is 3.45. The number of carboxylic acids is 2. The van der Waals surface area contributed by atoms with Gasteiger partial charge < -0.3 is 26.0 Å². The Labute approximate surface area is 331 Å². The second-order valence-electron chi connectivity index (χ2n) is 12.7. The molecule has 0 saturated carbocycles. The molecule has 0 amide bonds. The fraction of sp³-hybridized carbons (Fsp3) is 0.171. The lowest BCUT2D eigenvalue weighted by Gasteiger charge is -2.15. The van der Waals surface area contributed by atoms with Gasteiger partial charge in [0.15, 0.2) is 34.6 Å². The lowest BCUT2D eigenvalue weighted by molar-refractivity contribution is 0.0651. The second-order valence-corrected chi connectivity index (χ2v) is 12.7. The van der Waals surface area contributed by atoms with Gasteiger partial charge in [0.1, 0.15) is 11.6 Å². The third-order valence-corrected chi connectivity index (χ3v) is 8.60. The second kappa shape index (κ2) is 15.3. The summed E-state index contributed by atoms with van der Waals surface area (Å²) in [5, 5.41) is 74.3. The lowest BCUT2D eigenvalue weighted by atomic mass is 10.1. The Morgan fingerprint density at radius 2 is 1.54 bits per heavy atom. The van der Waals surface area contributed by atoms with E-state index in [2.05, 4.69) is 66.7 Å². The summed E-state index contributed by atoms with van der Waals surface area (Å²) >= 11 is 0. The van der Waals surface area contributed by atoms with Gasteiger partial charge in [-0.05, 0) is 51.0 Å². The molecule has 5 aromatic heterocycles. The number of aromatic carboxylic acids is 2. The van der Waals surface area contributed by atoms with Crippen LogP contribution >= 0.6 is 0 Å². The molecule has 5 N–H and O–H groups in total. The number of azo groups is 2. The minimum absolute atomic E-state index is 0.0182. The maximum atomic E-state index is 11.8. The molecule has 1 aliphatic rings. The number of carbonyl (C=O) groups is 2. The van der Waals surface area contributed by atoms with E-state index in [0.717, 1.165) is 40.0 Å². The van der Waals surface area contributed by atoms with Crippen molar-refractivity contribution < 1.29 is 24.9 Å². The number of hydrogen-bond donors (Lipinski definition) is 4. The molecule has 294 valence electrons. The number of anilines is 2. The van der Waals surface area contributed by atoms with Gasteiger partial charge in [-0.15, -0.1) is 20.5 Å². The van der Waals surface area contributed by atoms with Crippen LogP contribution in [0.15, 0.2) is 69.3 Å². The number of aromatic hydroxyl groups is 1. The minimum atomic E-state index is -1.49. The van der Waals surface area contributed by atoms with Crippen LogP contribution in [-0.2, 0) is 0 Å². The zero-order valence-electron chi connectivity index (χ0n) is 31.3. The van der Waals surface area contributed by atoms with Crippen molar-refractivity contribution in [1.29, 1.82) is 5.26 Å². The number of nitrogen functional groups attached to an aromatic ring is 1. The van der Waals surface area contributed by atoms with E-state index >= 15 is 0 Å². The fourth-order valence-corrected chi connectivity index (χ4v) is 5.89. The van der Waals surface area contributed by atoms with Crippen molar-refractivity contribution in [3.8, 4) is 29.7 Å². The molecule has 5 heterocycles. The summed E-state index contributed by atoms with van der Waals surface area (Å²) < 4.78 is 5.04. The molecule has 0 unspecified atom stereocenters. The first-order valence-electron chi connectivity index (χ1n) is 17.1. The van der Waals surface area contributed by atoms with Gasteiger partial charge in [0, 0.05) is 14.1 Å². The largest absolute Gasteiger partial charge is 0.479 e. The van der Waals surface area contributed by atoms with Gasteiger partial charge >= 0.3 is 17.9 Å². The first-order chi connectivity index (χ1) is 28.3. The Bertz CT molecular complexity index is 2910. The normalized spacial score (nSPS) is 12.5. The van der Waals surface area contributed by atoms with Crippen molar-refractivity contribution in [3.63, 3.8) is 0 Å². The Morgan fingerprint density at radius 1 is 0.881 bits per heavy atom. The number of aromatic nitrogens is 11. The number of benzene rings is 1. The molecule has 0 bridgehead atoms. The summed E-state index contributed by atoms with van der Waals surface area (Å²) in [4.78, 5) is 41.1. The molecule has 0 aliphatic heterocycles. The van der Waals surface area contributed by atoms with Gasteiger partial charge in [0.2, 0.25) is 0 Å². The molecule has 6 aromatic rings. The van der Waals surface area contributed by atoms with Crippen LogP contribution in [0, 0.1) is 31.8 Å². The average Bonchev–Trinajstić information content (AvgIpc) is 3.98. The highest BCUT2D eigenvalue weighted by molar-refractivity contribution is 6.02. The number of hydrogen-bond acceptors (Lipinski definition) is 17. The molecular weight excluding hydrogens is 767 g/mol. The van der Waals surface area contributed by atoms with Gasteiger partial charge in [0.25, 0.3) is 17.6 Å². The third kappa shape index (κ3) is 7.06. The van der Waals surface area contributed by atoms with Crippen molar-refractivity contribution in [2.24, 2.45) is 20.5 Å². The van der Waals surface area contributed by atoms with E-state index in [1.54, 1.807) is 32.8 Å². The molecule has 1 aromatic carbocycles. The summed E-state index contributed by atoms with van der Waals surface area (Å²) in [6.45, 7) is 10.8. The van der Waals surface area contributed by atoms with Crippen molar-refractivity contribution in [3.05, 3.63) is 88.3 Å². The molecule has 0 spiro atoms. The first-order valence-corrected chi connectivity index (χ1v) is 17.1. The first kappa shape index (κ1) is 38.3. The van der Waals surface area contributed by atoms with E-state index in [1.165, 1.54) is 27.8 Å². The smallest absolute Gasteiger partial charge is 0.336 e. The number of nitrogens with zero attached hydrogens (tertiary/aromatic N) is 18. The topological polar surface area (TPSA) is 312 Å². The predicted molar refractivity (Wildman–Crippen MR) is 206 cm³/mol. The summed E-state index contributed by atoms with van der Waals surface area (Å²) in [5.41, 5.74) is 7.45. The summed E-state index contributed by atoms with van der Waals surface area (Å²) in [6.07, 6.45) is 10.2. The van der Waals surface area contributed by atoms with E-state index in [9.17, 15) is 30.2 Å². The molecule has 24 nitrogen and oxygen atoms in total. The van der Waals surface area contributed by atoms with E-state index < -0.39 is 29.1 Å². The van der Waals surface area contributed by atoms with Crippen LogP contribution in [0.4, 0.5) is 40.3 Å². The Morgan fingerprint density at radius 3 is 2.20 bits per heavy atom. The number of nitrogens with two attached hydrogens (primary N) is 1. The van der Waals surface area contributed by atoms with Gasteiger partial charge in [-0.1, -0.05) is 12.2 Å². The summed E-state index contributed by atoms with van der Waals surface area (Å²) in [6, 6.07) is 4.87. The van der Waals surface area contributed by atoms with Crippen molar-refractivity contribution >= 4 is 58.0 Å². The highest BCUT2D eigenvalue weighted by Gasteiger charge is 2.25. The molecule has 24 heteroatoms. The Balaban J connectivity index is 1.25. The highest BCUT2D eigenvalue weighted by Crippen LogP contribution is 2.37. The van der Waals surface area contributed by atoms with Crippen LogP contribution in [0.3, 0.4) is 0 Å². The molecular formula is C35H29N19O5. The third-order valence-electron chi connectivity index (χ3n) is 8.60. The molecule has 0 atom stereocenters.